The van der Waals surface area contributed by atoms with E-state index in [9.17, 15) is 4.79 Å². The van der Waals surface area contributed by atoms with E-state index in [1.807, 2.05) is 12.1 Å². The molecule has 2 atom stereocenters. The van der Waals surface area contributed by atoms with Crippen LogP contribution in [0.15, 0.2) is 18.2 Å². The fourth-order valence-corrected chi connectivity index (χ4v) is 3.26. The van der Waals surface area contributed by atoms with Crippen molar-refractivity contribution in [2.24, 2.45) is 0 Å². The van der Waals surface area contributed by atoms with Crippen LogP contribution in [0.25, 0.3) is 15.9 Å². The molecule has 0 fully saturated rings. The van der Waals surface area contributed by atoms with Crippen LogP contribution in [0.2, 0.25) is 0 Å². The predicted octanol–water partition coefficient (Wildman–Crippen LogP) is 2.66. The first-order valence-electron chi connectivity index (χ1n) is 6.35. The van der Waals surface area contributed by atoms with E-state index in [4.69, 9.17) is 0 Å². The number of pyridine rings is 1. The van der Waals surface area contributed by atoms with Crippen LogP contribution >= 0.6 is 11.3 Å². The highest BCUT2D eigenvalue weighted by atomic mass is 32.1. The minimum atomic E-state index is 0.364. The summed E-state index contributed by atoms with van der Waals surface area (Å²) in [5.41, 5.74) is 3.06. The highest BCUT2D eigenvalue weighted by molar-refractivity contribution is 7.19. The Bertz CT molecular complexity index is 662. The number of rotatable bonds is 2. The van der Waals surface area contributed by atoms with E-state index in [2.05, 4.69) is 35.2 Å². The summed E-state index contributed by atoms with van der Waals surface area (Å²) in [7, 11) is 0. The van der Waals surface area contributed by atoms with Crippen LogP contribution in [-0.4, -0.2) is 28.3 Å². The molecule has 0 saturated carbocycles. The van der Waals surface area contributed by atoms with Gasteiger partial charge in [-0.2, -0.15) is 0 Å². The molecule has 0 bridgehead atoms. The van der Waals surface area contributed by atoms with Gasteiger partial charge in [-0.05, 0) is 38.0 Å². The van der Waals surface area contributed by atoms with Gasteiger partial charge in [-0.15, -0.1) is 0 Å². The Balaban J connectivity index is 2.03. The van der Waals surface area contributed by atoms with Crippen molar-refractivity contribution in [2.75, 3.05) is 0 Å². The zero-order chi connectivity index (χ0) is 13.4. The average Bonchev–Trinajstić information content (AvgIpc) is 2.79. The summed E-state index contributed by atoms with van der Waals surface area (Å²) in [5, 5.41) is 3.96. The Hall–Kier alpha value is -1.59. The predicted molar refractivity (Wildman–Crippen MR) is 77.5 cm³/mol. The second-order valence-electron chi connectivity index (χ2n) is 4.94. The molecule has 3 heterocycles. The number of carbonyl (C=O) groups excluding carboxylic acids is 1. The number of nitrogens with one attached hydrogen (secondary N) is 1. The van der Waals surface area contributed by atoms with Crippen molar-refractivity contribution in [1.82, 2.24) is 15.3 Å². The van der Waals surface area contributed by atoms with Gasteiger partial charge in [-0.25, -0.2) is 9.97 Å². The molecule has 0 radical (unpaired) electrons. The fourth-order valence-electron chi connectivity index (χ4n) is 2.51. The minimum Gasteiger partial charge on any atom is -0.308 e. The van der Waals surface area contributed by atoms with Crippen molar-refractivity contribution in [3.05, 3.63) is 28.9 Å². The van der Waals surface area contributed by atoms with Crippen molar-refractivity contribution < 1.29 is 4.79 Å². The number of hydrogen-bond acceptors (Lipinski definition) is 5. The second kappa shape index (κ2) is 4.83. The normalized spacial score (nSPS) is 23.4. The molecule has 0 aliphatic carbocycles. The lowest BCUT2D eigenvalue weighted by atomic mass is 9.97. The number of aromatic nitrogens is 2. The van der Waals surface area contributed by atoms with Gasteiger partial charge in [0.1, 0.15) is 10.3 Å². The van der Waals surface area contributed by atoms with Gasteiger partial charge in [0.25, 0.3) is 0 Å². The van der Waals surface area contributed by atoms with Crippen LogP contribution in [-0.2, 0) is 0 Å². The maximum absolute atomic E-state index is 10.7. The second-order valence-corrected chi connectivity index (χ2v) is 5.95. The lowest BCUT2D eigenvalue weighted by Crippen LogP contribution is -2.36. The topological polar surface area (TPSA) is 54.9 Å². The summed E-state index contributed by atoms with van der Waals surface area (Å²) in [6, 6.07) is 4.76. The Morgan fingerprint density at radius 1 is 1.37 bits per heavy atom. The van der Waals surface area contributed by atoms with Crippen molar-refractivity contribution in [3.63, 3.8) is 0 Å². The van der Waals surface area contributed by atoms with E-state index in [1.54, 1.807) is 0 Å². The summed E-state index contributed by atoms with van der Waals surface area (Å²) in [4.78, 5) is 20.4. The third-order valence-corrected chi connectivity index (χ3v) is 4.12. The first-order valence-corrected chi connectivity index (χ1v) is 7.17. The highest BCUT2D eigenvalue weighted by Crippen LogP contribution is 2.26. The SMILES string of the molecule is CC1C=C(c2ccc3nc(C=O)sc3n2)CC(C)N1. The number of carbonyl (C=O) groups is 1. The molecule has 5 heteroatoms. The quantitative estimate of drug-likeness (QED) is 0.855. The van der Waals surface area contributed by atoms with Gasteiger partial charge in [0.05, 0.1) is 5.69 Å². The summed E-state index contributed by atoms with van der Waals surface area (Å²) in [5.74, 6) is 0. The molecule has 0 saturated heterocycles. The molecule has 2 aromatic rings. The van der Waals surface area contributed by atoms with Crippen molar-refractivity contribution in [1.29, 1.82) is 0 Å². The first-order chi connectivity index (χ1) is 9.15. The lowest BCUT2D eigenvalue weighted by molar-refractivity contribution is 0.112. The largest absolute Gasteiger partial charge is 0.308 e. The molecule has 98 valence electrons. The molecule has 2 unspecified atom stereocenters. The Labute approximate surface area is 115 Å². The zero-order valence-corrected chi connectivity index (χ0v) is 11.7. The third kappa shape index (κ3) is 2.43. The van der Waals surface area contributed by atoms with Crippen LogP contribution in [0.3, 0.4) is 0 Å². The molecule has 0 aromatic carbocycles. The van der Waals surface area contributed by atoms with Crippen LogP contribution in [0.5, 0.6) is 0 Å². The Morgan fingerprint density at radius 2 is 2.21 bits per heavy atom. The van der Waals surface area contributed by atoms with E-state index in [-0.39, 0.29) is 0 Å². The van der Waals surface area contributed by atoms with E-state index < -0.39 is 0 Å². The van der Waals surface area contributed by atoms with Crippen LogP contribution < -0.4 is 5.32 Å². The maximum Gasteiger partial charge on any atom is 0.178 e. The van der Waals surface area contributed by atoms with Crippen LogP contribution in [0.1, 0.15) is 35.8 Å². The number of aldehydes is 1. The van der Waals surface area contributed by atoms with Gasteiger partial charge in [0.2, 0.25) is 0 Å². The number of nitrogens with zero attached hydrogens (tertiary/aromatic N) is 2. The van der Waals surface area contributed by atoms with Gasteiger partial charge in [-0.1, -0.05) is 17.4 Å². The lowest BCUT2D eigenvalue weighted by Gasteiger charge is -2.25. The molecule has 1 aliphatic rings. The number of hydrogen-bond donors (Lipinski definition) is 1. The number of fused-ring (bicyclic) bond motifs is 1. The molecule has 19 heavy (non-hydrogen) atoms. The minimum absolute atomic E-state index is 0.364. The summed E-state index contributed by atoms with van der Waals surface area (Å²) in [6.07, 6.45) is 3.97. The molecule has 4 nitrogen and oxygen atoms in total. The monoisotopic (exact) mass is 273 g/mol. The van der Waals surface area contributed by atoms with Crippen molar-refractivity contribution in [2.45, 2.75) is 32.4 Å². The molecular formula is C14H15N3OS. The van der Waals surface area contributed by atoms with Crippen molar-refractivity contribution >= 4 is 33.5 Å². The summed E-state index contributed by atoms with van der Waals surface area (Å²) >= 11 is 1.34. The Morgan fingerprint density at radius 3 is 2.95 bits per heavy atom. The summed E-state index contributed by atoms with van der Waals surface area (Å²) in [6.45, 7) is 4.32. The molecule has 3 rings (SSSR count). The van der Waals surface area contributed by atoms with Crippen molar-refractivity contribution in [3.8, 4) is 0 Å². The number of thiazole rings is 1. The molecule has 0 spiro atoms. The van der Waals surface area contributed by atoms with Crippen LogP contribution in [0.4, 0.5) is 0 Å². The Kier molecular flexibility index (Phi) is 3.16. The van der Waals surface area contributed by atoms with Gasteiger partial charge in [0, 0.05) is 12.1 Å². The zero-order valence-electron chi connectivity index (χ0n) is 10.9. The van der Waals surface area contributed by atoms with E-state index in [0.29, 0.717) is 17.1 Å². The standard InChI is InChI=1S/C14H15N3OS/c1-8-5-10(6-9(2)15-8)11-3-4-12-14(17-11)19-13(7-18)16-12/h3-5,7-9,15H,6H2,1-2H3. The molecule has 1 aliphatic heterocycles. The molecule has 0 amide bonds. The molecular weight excluding hydrogens is 258 g/mol. The smallest absolute Gasteiger partial charge is 0.178 e. The maximum atomic E-state index is 10.7. The third-order valence-electron chi connectivity index (χ3n) is 3.23. The van der Waals surface area contributed by atoms with Gasteiger partial charge in [-0.3, -0.25) is 4.79 Å². The van der Waals surface area contributed by atoms with E-state index in [0.717, 1.165) is 28.7 Å². The highest BCUT2D eigenvalue weighted by Gasteiger charge is 2.17. The fraction of sp³-hybridized carbons (Fsp3) is 0.357. The van der Waals surface area contributed by atoms with E-state index >= 15 is 0 Å². The van der Waals surface area contributed by atoms with Gasteiger partial charge in [0.15, 0.2) is 11.3 Å². The van der Waals surface area contributed by atoms with Crippen LogP contribution in [0, 0.1) is 0 Å². The van der Waals surface area contributed by atoms with E-state index in [1.165, 1.54) is 16.9 Å². The van der Waals surface area contributed by atoms with Gasteiger partial charge >= 0.3 is 0 Å². The molecule has 1 N–H and O–H groups in total. The average molecular weight is 273 g/mol. The van der Waals surface area contributed by atoms with Gasteiger partial charge < -0.3 is 5.32 Å². The first kappa shape index (κ1) is 12.4. The summed E-state index contributed by atoms with van der Waals surface area (Å²) < 4.78 is 0. The molecule has 2 aromatic heterocycles.